The average Bonchev–Trinajstić information content (AvgIpc) is 2.73. The number of hydrogen-bond acceptors (Lipinski definition) is 3. The molecule has 156 valence electrons. The first kappa shape index (κ1) is 21.5. The van der Waals surface area contributed by atoms with E-state index in [1.165, 1.54) is 24.6 Å². The predicted molar refractivity (Wildman–Crippen MR) is 110 cm³/mol. The number of amides is 1. The van der Waals surface area contributed by atoms with Crippen LogP contribution in [0.2, 0.25) is 0 Å². The monoisotopic (exact) mass is 418 g/mol. The van der Waals surface area contributed by atoms with Crippen molar-refractivity contribution in [2.24, 2.45) is 5.92 Å². The summed E-state index contributed by atoms with van der Waals surface area (Å²) in [5.41, 5.74) is 0.821. The number of halogens is 1. The number of nitrogens with one attached hydrogen (secondary N) is 2. The topological polar surface area (TPSA) is 75.3 Å². The molecule has 1 amide bonds. The fraction of sp³-hybridized carbons (Fsp3) is 0.409. The molecule has 7 heteroatoms. The first-order valence-corrected chi connectivity index (χ1v) is 11.5. The smallest absolute Gasteiger partial charge is 0.244 e. The Morgan fingerprint density at radius 2 is 1.66 bits per heavy atom. The van der Waals surface area contributed by atoms with Crippen LogP contribution in [0.15, 0.2) is 59.5 Å². The van der Waals surface area contributed by atoms with Crippen molar-refractivity contribution < 1.29 is 17.6 Å². The molecule has 0 bridgehead atoms. The summed E-state index contributed by atoms with van der Waals surface area (Å²) in [7, 11) is -4.18. The molecule has 0 aromatic heterocycles. The maximum absolute atomic E-state index is 14.0. The Hall–Kier alpha value is -2.25. The molecule has 29 heavy (non-hydrogen) atoms. The van der Waals surface area contributed by atoms with Crippen molar-refractivity contribution in [3.8, 4) is 0 Å². The average molecular weight is 419 g/mol. The zero-order valence-electron chi connectivity index (χ0n) is 16.3. The molecule has 0 saturated heterocycles. The van der Waals surface area contributed by atoms with Crippen molar-refractivity contribution >= 4 is 15.9 Å². The molecule has 0 radical (unpaired) electrons. The number of carbonyl (C=O) groups is 1. The van der Waals surface area contributed by atoms with Crippen LogP contribution in [0.4, 0.5) is 4.39 Å². The number of rotatable bonds is 8. The summed E-state index contributed by atoms with van der Waals surface area (Å²) < 4.78 is 41.9. The van der Waals surface area contributed by atoms with Gasteiger partial charge in [-0.3, -0.25) is 4.79 Å². The fourth-order valence-corrected chi connectivity index (χ4v) is 4.98. The Balaban J connectivity index is 1.75. The molecular weight excluding hydrogens is 391 g/mol. The summed E-state index contributed by atoms with van der Waals surface area (Å²) in [5.74, 6) is -0.811. The van der Waals surface area contributed by atoms with E-state index in [4.69, 9.17) is 0 Å². The van der Waals surface area contributed by atoms with E-state index < -0.39 is 26.8 Å². The third-order valence-corrected chi connectivity index (χ3v) is 6.82. The standard InChI is InChI=1S/C22H27FN2O3S/c23-19-13-7-8-14-21(19)29(27,28)25-20(15-17-9-3-1-4-10-17)22(26)24-16-18-11-5-2-6-12-18/h1,3-4,7-10,13-14,18,20,25H,2,5-6,11-12,15-16H2,(H,24,26). The van der Waals surface area contributed by atoms with Gasteiger partial charge >= 0.3 is 0 Å². The minimum Gasteiger partial charge on any atom is -0.354 e. The minimum absolute atomic E-state index is 0.186. The van der Waals surface area contributed by atoms with Crippen LogP contribution in [0.1, 0.15) is 37.7 Å². The first-order valence-electron chi connectivity index (χ1n) is 10.0. The summed E-state index contributed by atoms with van der Waals surface area (Å²) in [5, 5.41) is 2.90. The van der Waals surface area contributed by atoms with Crippen molar-refractivity contribution in [2.75, 3.05) is 6.54 Å². The van der Waals surface area contributed by atoms with E-state index in [1.54, 1.807) is 0 Å². The maximum Gasteiger partial charge on any atom is 0.244 e. The number of hydrogen-bond donors (Lipinski definition) is 2. The van der Waals surface area contributed by atoms with Crippen LogP contribution in [0.25, 0.3) is 0 Å². The van der Waals surface area contributed by atoms with Crippen molar-refractivity contribution in [3.05, 3.63) is 66.0 Å². The van der Waals surface area contributed by atoms with Crippen LogP contribution < -0.4 is 10.0 Å². The fourth-order valence-electron chi connectivity index (χ4n) is 3.71. The van der Waals surface area contributed by atoms with Crippen LogP contribution in [0.5, 0.6) is 0 Å². The van der Waals surface area contributed by atoms with E-state index in [0.717, 1.165) is 37.3 Å². The van der Waals surface area contributed by atoms with Gasteiger partial charge in [0.1, 0.15) is 16.8 Å². The number of carbonyl (C=O) groups excluding carboxylic acids is 1. The normalized spacial score (nSPS) is 16.3. The third-order valence-electron chi connectivity index (χ3n) is 5.31. The molecular formula is C22H27FN2O3S. The van der Waals surface area contributed by atoms with Gasteiger partial charge in [0.15, 0.2) is 0 Å². The largest absolute Gasteiger partial charge is 0.354 e. The number of benzene rings is 2. The molecule has 1 unspecified atom stereocenters. The Labute approximate surface area is 171 Å². The third kappa shape index (κ3) is 6.11. The van der Waals surface area contributed by atoms with E-state index in [9.17, 15) is 17.6 Å². The first-order chi connectivity index (χ1) is 14.0. The highest BCUT2D eigenvalue weighted by Gasteiger charge is 2.28. The predicted octanol–water partition coefficient (Wildman–Crippen LogP) is 3.41. The van der Waals surface area contributed by atoms with Gasteiger partial charge in [-0.1, -0.05) is 61.7 Å². The lowest BCUT2D eigenvalue weighted by molar-refractivity contribution is -0.122. The van der Waals surface area contributed by atoms with Crippen molar-refractivity contribution in [3.63, 3.8) is 0 Å². The molecule has 1 aliphatic carbocycles. The van der Waals surface area contributed by atoms with Gasteiger partial charge in [-0.05, 0) is 42.9 Å². The summed E-state index contributed by atoms with van der Waals surface area (Å²) in [6, 6.07) is 13.3. The van der Waals surface area contributed by atoms with Gasteiger partial charge in [0.2, 0.25) is 15.9 Å². The van der Waals surface area contributed by atoms with Crippen LogP contribution in [-0.4, -0.2) is 26.9 Å². The van der Waals surface area contributed by atoms with E-state index >= 15 is 0 Å². The second-order valence-electron chi connectivity index (χ2n) is 7.54. The van der Waals surface area contributed by atoms with Crippen LogP contribution >= 0.6 is 0 Å². The summed E-state index contributed by atoms with van der Waals surface area (Å²) >= 11 is 0. The Kier molecular flexibility index (Phi) is 7.39. The van der Waals surface area contributed by atoms with Gasteiger partial charge in [-0.2, -0.15) is 4.72 Å². The lowest BCUT2D eigenvalue weighted by Crippen LogP contribution is -2.49. The van der Waals surface area contributed by atoms with Gasteiger partial charge in [-0.15, -0.1) is 0 Å². The second-order valence-corrected chi connectivity index (χ2v) is 9.23. The highest BCUT2D eigenvalue weighted by atomic mass is 32.2. The van der Waals surface area contributed by atoms with E-state index in [0.29, 0.717) is 12.5 Å². The molecule has 1 atom stereocenters. The lowest BCUT2D eigenvalue weighted by Gasteiger charge is -2.24. The molecule has 1 saturated carbocycles. The van der Waals surface area contributed by atoms with Crippen molar-refractivity contribution in [2.45, 2.75) is 49.5 Å². The summed E-state index contributed by atoms with van der Waals surface area (Å²) in [6.45, 7) is 0.533. The van der Waals surface area contributed by atoms with Crippen LogP contribution in [0, 0.1) is 11.7 Å². The highest BCUT2D eigenvalue weighted by Crippen LogP contribution is 2.23. The van der Waals surface area contributed by atoms with Gasteiger partial charge in [-0.25, -0.2) is 12.8 Å². The van der Waals surface area contributed by atoms with E-state index in [2.05, 4.69) is 10.0 Å². The molecule has 0 aliphatic heterocycles. The zero-order valence-corrected chi connectivity index (χ0v) is 17.1. The number of sulfonamides is 1. The molecule has 2 N–H and O–H groups in total. The van der Waals surface area contributed by atoms with E-state index in [-0.39, 0.29) is 12.3 Å². The maximum atomic E-state index is 14.0. The lowest BCUT2D eigenvalue weighted by atomic mass is 9.89. The second kappa shape index (κ2) is 9.98. The zero-order chi connectivity index (χ0) is 20.7. The molecule has 3 rings (SSSR count). The van der Waals surface area contributed by atoms with Gasteiger partial charge in [0.25, 0.3) is 0 Å². The molecule has 5 nitrogen and oxygen atoms in total. The van der Waals surface area contributed by atoms with Crippen molar-refractivity contribution in [1.29, 1.82) is 0 Å². The van der Waals surface area contributed by atoms with Gasteiger partial charge in [0, 0.05) is 6.54 Å². The Morgan fingerprint density at radius 1 is 1.00 bits per heavy atom. The molecule has 0 spiro atoms. The summed E-state index contributed by atoms with van der Waals surface area (Å²) in [4.78, 5) is 12.4. The van der Waals surface area contributed by atoms with Crippen LogP contribution in [-0.2, 0) is 21.2 Å². The molecule has 1 aliphatic rings. The van der Waals surface area contributed by atoms with Crippen molar-refractivity contribution in [1.82, 2.24) is 10.0 Å². The molecule has 2 aromatic rings. The van der Waals surface area contributed by atoms with Gasteiger partial charge < -0.3 is 5.32 Å². The SMILES string of the molecule is O=C(NCC1CCCCC1)C(Cc1ccccc1)NS(=O)(=O)c1ccccc1F. The molecule has 1 fully saturated rings. The Bertz CT molecular complexity index is 913. The molecule has 2 aromatic carbocycles. The quantitative estimate of drug-likeness (QED) is 0.690. The Morgan fingerprint density at radius 3 is 2.34 bits per heavy atom. The molecule has 0 heterocycles. The van der Waals surface area contributed by atoms with Crippen LogP contribution in [0.3, 0.4) is 0 Å². The van der Waals surface area contributed by atoms with E-state index in [1.807, 2.05) is 30.3 Å². The minimum atomic E-state index is -4.18. The summed E-state index contributed by atoms with van der Waals surface area (Å²) in [6.07, 6.45) is 5.88. The highest BCUT2D eigenvalue weighted by molar-refractivity contribution is 7.89. The van der Waals surface area contributed by atoms with Gasteiger partial charge in [0.05, 0.1) is 0 Å².